The molecule has 1 atom stereocenters. The van der Waals surface area contributed by atoms with E-state index in [1.165, 1.54) is 0 Å². The second-order valence-electron chi connectivity index (χ2n) is 3.24. The van der Waals surface area contributed by atoms with Crippen LogP contribution in [0.25, 0.3) is 0 Å². The van der Waals surface area contributed by atoms with E-state index in [0.29, 0.717) is 6.41 Å². The number of hydrogen-bond donors (Lipinski definition) is 4. The van der Waals surface area contributed by atoms with Gasteiger partial charge in [-0.3, -0.25) is 9.63 Å². The first kappa shape index (κ1) is 12.6. The Labute approximate surface area is 93.3 Å². The molecule has 0 spiro atoms. The van der Waals surface area contributed by atoms with E-state index in [0.717, 1.165) is 11.1 Å². The minimum Gasteiger partial charge on any atom is -0.323 e. The average Bonchev–Trinajstić information content (AvgIpc) is 2.30. The second-order valence-corrected chi connectivity index (χ2v) is 3.24. The highest BCUT2D eigenvalue weighted by Crippen LogP contribution is 2.12. The lowest BCUT2D eigenvalue weighted by Gasteiger charge is -2.12. The van der Waals surface area contributed by atoms with E-state index in [1.807, 2.05) is 29.7 Å². The number of benzene rings is 1. The minimum atomic E-state index is -0.288. The summed E-state index contributed by atoms with van der Waals surface area (Å²) in [6.45, 7) is 0.544. The highest BCUT2D eigenvalue weighted by atomic mass is 16.6. The van der Waals surface area contributed by atoms with Crippen molar-refractivity contribution < 1.29 is 14.8 Å². The van der Waals surface area contributed by atoms with Crippen LogP contribution in [0, 0.1) is 0 Å². The van der Waals surface area contributed by atoms with Crippen molar-refractivity contribution in [2.45, 2.75) is 12.6 Å². The first-order valence-corrected chi connectivity index (χ1v) is 4.80. The topological polar surface area (TPSA) is 96.6 Å². The number of carbonyl (C=O) groups excluding carboxylic acids is 1. The van der Waals surface area contributed by atoms with Crippen LogP contribution in [0.3, 0.4) is 0 Å². The largest absolute Gasteiger partial charge is 0.323 e. The highest BCUT2D eigenvalue weighted by molar-refractivity contribution is 5.43. The maximum Gasteiger partial charge on any atom is 0.230 e. The third-order valence-electron chi connectivity index (χ3n) is 2.06. The Morgan fingerprint density at radius 1 is 1.56 bits per heavy atom. The molecule has 5 N–H and O–H groups in total. The third-order valence-corrected chi connectivity index (χ3v) is 2.06. The van der Waals surface area contributed by atoms with Gasteiger partial charge in [0.25, 0.3) is 0 Å². The maximum absolute atomic E-state index is 9.96. The SMILES string of the molecule is NC(CNO)c1cccc(CONC=O)c1. The molecule has 0 aliphatic carbocycles. The molecule has 0 aliphatic heterocycles. The monoisotopic (exact) mass is 225 g/mol. The molecule has 1 aromatic carbocycles. The first-order valence-electron chi connectivity index (χ1n) is 4.80. The van der Waals surface area contributed by atoms with Gasteiger partial charge in [0.15, 0.2) is 0 Å². The molecule has 88 valence electrons. The lowest BCUT2D eigenvalue weighted by molar-refractivity contribution is -0.121. The van der Waals surface area contributed by atoms with Crippen molar-refractivity contribution in [3.63, 3.8) is 0 Å². The molecule has 0 aromatic heterocycles. The summed E-state index contributed by atoms with van der Waals surface area (Å²) in [5.41, 5.74) is 11.7. The molecular formula is C10H15N3O3. The van der Waals surface area contributed by atoms with Crippen molar-refractivity contribution in [3.8, 4) is 0 Å². The number of nitrogens with one attached hydrogen (secondary N) is 2. The predicted molar refractivity (Wildman–Crippen MR) is 57.1 cm³/mol. The zero-order valence-corrected chi connectivity index (χ0v) is 8.72. The van der Waals surface area contributed by atoms with Gasteiger partial charge < -0.3 is 10.9 Å². The van der Waals surface area contributed by atoms with Crippen LogP contribution in [0.1, 0.15) is 17.2 Å². The van der Waals surface area contributed by atoms with Gasteiger partial charge >= 0.3 is 0 Å². The number of amides is 1. The van der Waals surface area contributed by atoms with Crippen LogP contribution in [-0.2, 0) is 16.2 Å². The molecule has 0 saturated heterocycles. The summed E-state index contributed by atoms with van der Waals surface area (Å²) in [5, 5.41) is 8.54. The number of rotatable bonds is 7. The Kier molecular flexibility index (Phi) is 5.44. The quantitative estimate of drug-likeness (QED) is 0.294. The Morgan fingerprint density at radius 2 is 2.38 bits per heavy atom. The maximum atomic E-state index is 9.96. The molecule has 1 unspecified atom stereocenters. The molecule has 0 aliphatic rings. The van der Waals surface area contributed by atoms with Crippen molar-refractivity contribution in [2.75, 3.05) is 6.54 Å². The Balaban J connectivity index is 2.59. The summed E-state index contributed by atoms with van der Waals surface area (Å²) in [7, 11) is 0. The number of hydroxylamine groups is 2. The Morgan fingerprint density at radius 3 is 3.06 bits per heavy atom. The zero-order valence-electron chi connectivity index (χ0n) is 8.72. The fourth-order valence-electron chi connectivity index (χ4n) is 1.29. The van der Waals surface area contributed by atoms with Gasteiger partial charge in [-0.1, -0.05) is 24.3 Å². The van der Waals surface area contributed by atoms with Gasteiger partial charge in [-0.05, 0) is 11.1 Å². The highest BCUT2D eigenvalue weighted by Gasteiger charge is 2.05. The molecule has 0 bridgehead atoms. The van der Waals surface area contributed by atoms with E-state index in [9.17, 15) is 4.79 Å². The molecule has 1 aromatic rings. The van der Waals surface area contributed by atoms with Gasteiger partial charge in [-0.2, -0.15) is 0 Å². The average molecular weight is 225 g/mol. The Hall–Kier alpha value is -1.47. The second kappa shape index (κ2) is 6.91. The van der Waals surface area contributed by atoms with Gasteiger partial charge in [-0.15, -0.1) is 0 Å². The molecule has 0 fully saturated rings. The van der Waals surface area contributed by atoms with E-state index in [-0.39, 0.29) is 19.2 Å². The number of hydrogen-bond acceptors (Lipinski definition) is 5. The van der Waals surface area contributed by atoms with E-state index in [4.69, 9.17) is 15.8 Å². The molecule has 1 rings (SSSR count). The number of nitrogens with two attached hydrogens (primary N) is 1. The lowest BCUT2D eigenvalue weighted by Crippen LogP contribution is -2.24. The predicted octanol–water partition coefficient (Wildman–Crippen LogP) is -0.157. The smallest absolute Gasteiger partial charge is 0.230 e. The van der Waals surface area contributed by atoms with Gasteiger partial charge in [0, 0.05) is 12.6 Å². The van der Waals surface area contributed by atoms with Crippen LogP contribution < -0.4 is 16.7 Å². The molecule has 6 nitrogen and oxygen atoms in total. The summed E-state index contributed by atoms with van der Waals surface area (Å²) in [5.74, 6) is 0. The van der Waals surface area contributed by atoms with Crippen molar-refractivity contribution in [3.05, 3.63) is 35.4 Å². The van der Waals surface area contributed by atoms with Crippen LogP contribution in [0.15, 0.2) is 24.3 Å². The third kappa shape index (κ3) is 3.95. The summed E-state index contributed by atoms with van der Waals surface area (Å²) in [6, 6.07) is 7.12. The van der Waals surface area contributed by atoms with Crippen molar-refractivity contribution >= 4 is 6.41 Å². The molecular weight excluding hydrogens is 210 g/mol. The van der Waals surface area contributed by atoms with Crippen LogP contribution in [0.4, 0.5) is 0 Å². The molecule has 6 heteroatoms. The molecule has 0 heterocycles. The fourth-order valence-corrected chi connectivity index (χ4v) is 1.29. The van der Waals surface area contributed by atoms with E-state index in [1.54, 1.807) is 0 Å². The number of carbonyl (C=O) groups is 1. The van der Waals surface area contributed by atoms with Crippen molar-refractivity contribution in [1.29, 1.82) is 0 Å². The summed E-state index contributed by atoms with van der Waals surface area (Å²) < 4.78 is 0. The van der Waals surface area contributed by atoms with E-state index in [2.05, 4.69) is 5.48 Å². The zero-order chi connectivity index (χ0) is 11.8. The fraction of sp³-hybridized carbons (Fsp3) is 0.300. The normalized spacial score (nSPS) is 12.1. The van der Waals surface area contributed by atoms with E-state index < -0.39 is 0 Å². The molecule has 1 amide bonds. The Bertz CT molecular complexity index is 333. The van der Waals surface area contributed by atoms with Gasteiger partial charge in [0.1, 0.15) is 0 Å². The van der Waals surface area contributed by atoms with E-state index >= 15 is 0 Å². The van der Waals surface area contributed by atoms with Gasteiger partial charge in [-0.25, -0.2) is 11.0 Å². The standard InChI is InChI=1S/C10H15N3O3/c11-10(5-12-15)9-3-1-2-8(4-9)6-16-13-7-14/h1-4,7,10,12,15H,5-6,11H2,(H,13,14). The lowest BCUT2D eigenvalue weighted by atomic mass is 10.1. The summed E-state index contributed by atoms with van der Waals surface area (Å²) in [4.78, 5) is 14.8. The van der Waals surface area contributed by atoms with Crippen LogP contribution >= 0.6 is 0 Å². The van der Waals surface area contributed by atoms with Gasteiger partial charge in [0.05, 0.1) is 6.61 Å². The van der Waals surface area contributed by atoms with Gasteiger partial charge in [0.2, 0.25) is 6.41 Å². The molecule has 0 saturated carbocycles. The summed E-state index contributed by atoms with van der Waals surface area (Å²) >= 11 is 0. The van der Waals surface area contributed by atoms with Crippen LogP contribution in [0.2, 0.25) is 0 Å². The van der Waals surface area contributed by atoms with Crippen LogP contribution in [-0.4, -0.2) is 18.2 Å². The molecule has 0 radical (unpaired) electrons. The van der Waals surface area contributed by atoms with Crippen molar-refractivity contribution in [2.24, 2.45) is 5.73 Å². The molecule has 16 heavy (non-hydrogen) atoms. The summed E-state index contributed by atoms with van der Waals surface area (Å²) in [6.07, 6.45) is 0.464. The first-order chi connectivity index (χ1) is 7.77. The minimum absolute atomic E-state index is 0.270. The van der Waals surface area contributed by atoms with Crippen LogP contribution in [0.5, 0.6) is 0 Å². The van der Waals surface area contributed by atoms with Crippen molar-refractivity contribution in [1.82, 2.24) is 11.0 Å².